The van der Waals surface area contributed by atoms with Gasteiger partial charge in [-0.2, -0.15) is 0 Å². The van der Waals surface area contributed by atoms with Gasteiger partial charge in [0.05, 0.1) is 0 Å². The highest BCUT2D eigenvalue weighted by Crippen LogP contribution is 2.29. The Hall–Kier alpha value is -2.29. The second-order valence-corrected chi connectivity index (χ2v) is 8.82. The zero-order valence-electron chi connectivity index (χ0n) is 18.4. The van der Waals surface area contributed by atoms with Gasteiger partial charge in [0.2, 0.25) is 0 Å². The van der Waals surface area contributed by atoms with Crippen molar-refractivity contribution in [3.63, 3.8) is 0 Å². The summed E-state index contributed by atoms with van der Waals surface area (Å²) in [4.78, 5) is 12.7. The Morgan fingerprint density at radius 2 is 1.68 bits per heavy atom. The standard InChI is InChI=1S/C25H35NO2/c1-17(2)22-14-13-18(3)15-23(22)28-20(5)24(27)26-19(4)16-25(6,7)21-11-9-8-10-12-21/h8-15,17,19-20H,16H2,1-7H3,(H,26,27). The molecule has 0 saturated carbocycles. The minimum Gasteiger partial charge on any atom is -0.481 e. The maximum absolute atomic E-state index is 12.7. The summed E-state index contributed by atoms with van der Waals surface area (Å²) in [5, 5.41) is 3.13. The SMILES string of the molecule is Cc1ccc(C(C)C)c(OC(C)C(=O)NC(C)CC(C)(C)c2ccccc2)c1. The van der Waals surface area contributed by atoms with Gasteiger partial charge in [-0.05, 0) is 61.3 Å². The summed E-state index contributed by atoms with van der Waals surface area (Å²) in [5.74, 6) is 1.07. The van der Waals surface area contributed by atoms with E-state index in [1.54, 1.807) is 0 Å². The maximum Gasteiger partial charge on any atom is 0.260 e. The van der Waals surface area contributed by atoms with Crippen molar-refractivity contribution in [3.05, 3.63) is 65.2 Å². The summed E-state index contributed by atoms with van der Waals surface area (Å²) >= 11 is 0. The van der Waals surface area contributed by atoms with Crippen LogP contribution < -0.4 is 10.1 Å². The topological polar surface area (TPSA) is 38.3 Å². The van der Waals surface area contributed by atoms with E-state index in [0.717, 1.165) is 23.3 Å². The molecule has 0 heterocycles. The smallest absolute Gasteiger partial charge is 0.260 e. The molecule has 0 spiro atoms. The molecule has 3 nitrogen and oxygen atoms in total. The van der Waals surface area contributed by atoms with Crippen LogP contribution in [-0.4, -0.2) is 18.1 Å². The van der Waals surface area contributed by atoms with E-state index in [2.05, 4.69) is 76.3 Å². The molecule has 152 valence electrons. The molecule has 0 fully saturated rings. The zero-order valence-corrected chi connectivity index (χ0v) is 18.4. The average molecular weight is 382 g/mol. The van der Waals surface area contributed by atoms with Gasteiger partial charge in [0, 0.05) is 6.04 Å². The van der Waals surface area contributed by atoms with E-state index >= 15 is 0 Å². The minimum atomic E-state index is -0.540. The molecular weight excluding hydrogens is 346 g/mol. The second kappa shape index (κ2) is 9.27. The molecule has 2 aromatic carbocycles. The van der Waals surface area contributed by atoms with Gasteiger partial charge in [0.25, 0.3) is 5.91 Å². The van der Waals surface area contributed by atoms with Crippen LogP contribution in [0.3, 0.4) is 0 Å². The number of benzene rings is 2. The third-order valence-electron chi connectivity index (χ3n) is 5.22. The van der Waals surface area contributed by atoms with Crippen LogP contribution in [0.2, 0.25) is 0 Å². The van der Waals surface area contributed by atoms with Crippen molar-refractivity contribution < 1.29 is 9.53 Å². The van der Waals surface area contributed by atoms with E-state index in [0.29, 0.717) is 5.92 Å². The molecule has 0 aromatic heterocycles. The van der Waals surface area contributed by atoms with Crippen LogP contribution in [0.5, 0.6) is 5.75 Å². The van der Waals surface area contributed by atoms with E-state index in [9.17, 15) is 4.79 Å². The molecule has 1 N–H and O–H groups in total. The van der Waals surface area contributed by atoms with E-state index in [1.807, 2.05) is 26.0 Å². The summed E-state index contributed by atoms with van der Waals surface area (Å²) in [7, 11) is 0. The Bertz CT molecular complexity index is 780. The van der Waals surface area contributed by atoms with Gasteiger partial charge >= 0.3 is 0 Å². The van der Waals surface area contributed by atoms with E-state index in [-0.39, 0.29) is 17.4 Å². The first kappa shape index (κ1) is 22.0. The fourth-order valence-corrected chi connectivity index (χ4v) is 3.65. The van der Waals surface area contributed by atoms with Crippen molar-refractivity contribution in [1.82, 2.24) is 5.32 Å². The number of aryl methyl sites for hydroxylation is 1. The third-order valence-corrected chi connectivity index (χ3v) is 5.22. The lowest BCUT2D eigenvalue weighted by Crippen LogP contribution is -2.43. The summed E-state index contributed by atoms with van der Waals surface area (Å²) in [6, 6.07) is 16.7. The van der Waals surface area contributed by atoms with Crippen molar-refractivity contribution in [1.29, 1.82) is 0 Å². The number of hydrogen-bond donors (Lipinski definition) is 1. The normalized spacial score (nSPS) is 13.9. The quantitative estimate of drug-likeness (QED) is 0.631. The Morgan fingerprint density at radius 3 is 2.29 bits per heavy atom. The van der Waals surface area contributed by atoms with Gasteiger partial charge in [-0.15, -0.1) is 0 Å². The molecule has 2 aromatic rings. The Labute approximate surface area is 170 Å². The molecule has 3 heteroatoms. The molecule has 0 saturated heterocycles. The van der Waals surface area contributed by atoms with Gasteiger partial charge in [0.15, 0.2) is 6.10 Å². The van der Waals surface area contributed by atoms with Crippen LogP contribution in [-0.2, 0) is 10.2 Å². The van der Waals surface area contributed by atoms with Crippen LogP contribution >= 0.6 is 0 Å². The fraction of sp³-hybridized carbons (Fsp3) is 0.480. The Balaban J connectivity index is 2.00. The predicted molar refractivity (Wildman–Crippen MR) is 117 cm³/mol. The summed E-state index contributed by atoms with van der Waals surface area (Å²) in [5.41, 5.74) is 3.52. The predicted octanol–water partition coefficient (Wildman–Crippen LogP) is 5.76. The molecule has 2 unspecified atom stereocenters. The molecule has 28 heavy (non-hydrogen) atoms. The third kappa shape index (κ3) is 5.85. The summed E-state index contributed by atoms with van der Waals surface area (Å²) < 4.78 is 6.05. The molecular formula is C25H35NO2. The van der Waals surface area contributed by atoms with Gasteiger partial charge in [0.1, 0.15) is 5.75 Å². The number of amides is 1. The second-order valence-electron chi connectivity index (χ2n) is 8.82. The highest BCUT2D eigenvalue weighted by atomic mass is 16.5. The number of rotatable bonds is 8. The Morgan fingerprint density at radius 1 is 1.04 bits per heavy atom. The number of carbonyl (C=O) groups excluding carboxylic acids is 1. The molecule has 1 amide bonds. The minimum absolute atomic E-state index is 0.0145. The van der Waals surface area contributed by atoms with Crippen LogP contribution in [0, 0.1) is 6.92 Å². The van der Waals surface area contributed by atoms with E-state index < -0.39 is 6.10 Å². The molecule has 0 bridgehead atoms. The van der Waals surface area contributed by atoms with E-state index in [1.165, 1.54) is 5.56 Å². The van der Waals surface area contributed by atoms with Crippen molar-refractivity contribution >= 4 is 5.91 Å². The van der Waals surface area contributed by atoms with Gasteiger partial charge in [-0.1, -0.05) is 70.2 Å². The molecule has 0 aliphatic carbocycles. The Kier molecular flexibility index (Phi) is 7.29. The first-order valence-corrected chi connectivity index (χ1v) is 10.2. The van der Waals surface area contributed by atoms with Crippen molar-refractivity contribution in [2.75, 3.05) is 0 Å². The zero-order chi connectivity index (χ0) is 20.9. The largest absolute Gasteiger partial charge is 0.481 e. The fourth-order valence-electron chi connectivity index (χ4n) is 3.65. The summed E-state index contributed by atoms with van der Waals surface area (Å²) in [6.45, 7) is 14.6. The monoisotopic (exact) mass is 381 g/mol. The van der Waals surface area contributed by atoms with Crippen LogP contribution in [0.15, 0.2) is 48.5 Å². The first-order chi connectivity index (χ1) is 13.1. The maximum atomic E-state index is 12.7. The van der Waals surface area contributed by atoms with Gasteiger partial charge in [-0.3, -0.25) is 4.79 Å². The highest BCUT2D eigenvalue weighted by molar-refractivity contribution is 5.81. The highest BCUT2D eigenvalue weighted by Gasteiger charge is 2.26. The lowest BCUT2D eigenvalue weighted by atomic mass is 9.79. The van der Waals surface area contributed by atoms with Crippen LogP contribution in [0.4, 0.5) is 0 Å². The summed E-state index contributed by atoms with van der Waals surface area (Å²) in [6.07, 6.45) is 0.318. The molecule has 2 atom stereocenters. The number of nitrogens with one attached hydrogen (secondary N) is 1. The van der Waals surface area contributed by atoms with Gasteiger partial charge < -0.3 is 10.1 Å². The molecule has 0 aliphatic heterocycles. The van der Waals surface area contributed by atoms with Gasteiger partial charge in [-0.25, -0.2) is 0 Å². The molecule has 0 radical (unpaired) electrons. The van der Waals surface area contributed by atoms with E-state index in [4.69, 9.17) is 4.74 Å². The number of hydrogen-bond acceptors (Lipinski definition) is 2. The van der Waals surface area contributed by atoms with Crippen LogP contribution in [0.25, 0.3) is 0 Å². The molecule has 2 rings (SSSR count). The van der Waals surface area contributed by atoms with Crippen molar-refractivity contribution in [2.45, 2.75) is 78.4 Å². The average Bonchev–Trinajstić information content (AvgIpc) is 2.61. The number of ether oxygens (including phenoxy) is 1. The van der Waals surface area contributed by atoms with Crippen molar-refractivity contribution in [3.8, 4) is 5.75 Å². The number of carbonyl (C=O) groups is 1. The molecule has 0 aliphatic rings. The lowest BCUT2D eigenvalue weighted by molar-refractivity contribution is -0.128. The lowest BCUT2D eigenvalue weighted by Gasteiger charge is -2.30. The van der Waals surface area contributed by atoms with Crippen molar-refractivity contribution in [2.24, 2.45) is 0 Å². The first-order valence-electron chi connectivity index (χ1n) is 10.2. The van der Waals surface area contributed by atoms with Crippen LogP contribution in [0.1, 0.15) is 70.6 Å².